The van der Waals surface area contributed by atoms with E-state index in [1.807, 2.05) is 22.7 Å². The summed E-state index contributed by atoms with van der Waals surface area (Å²) in [4.78, 5) is 38.3. The topological polar surface area (TPSA) is 171 Å². The Hall–Kier alpha value is -4.20. The number of carbonyl (C=O) groups is 2. The third-order valence-corrected chi connectivity index (χ3v) is 6.59. The molecule has 0 bridgehead atoms. The van der Waals surface area contributed by atoms with Crippen LogP contribution < -0.4 is 10.0 Å². The van der Waals surface area contributed by atoms with Crippen LogP contribution in [0.5, 0.6) is 0 Å². The molecule has 2 heterocycles. The fraction of sp³-hybridized carbons (Fsp3) is 0.348. The highest BCUT2D eigenvalue weighted by molar-refractivity contribution is 7.90. The van der Waals surface area contributed by atoms with Gasteiger partial charge in [-0.15, -0.1) is 0 Å². The highest BCUT2D eigenvalue weighted by Crippen LogP contribution is 2.39. The lowest BCUT2D eigenvalue weighted by molar-refractivity contribution is -0.387. The number of nitro benzene ring substituents is 1. The number of nitrogens with zero attached hydrogens (tertiary/aromatic N) is 3. The summed E-state index contributed by atoms with van der Waals surface area (Å²) >= 11 is 0. The standard InChI is InChI=1S/C23H25N5O8S/c1-23(2,3)36-22(30)26-37(33,34)19-8-7-16(10-18(19)28(31)32)25-21(29)35-13-17-12-27-11-15(14-4-5-14)6-9-20(27)24-17/h6-12,14H,4-5,13H2,1-3H3,(H,25,29)(H,26,30). The van der Waals surface area contributed by atoms with Crippen LogP contribution in [0, 0.1) is 10.1 Å². The Labute approximate surface area is 212 Å². The lowest BCUT2D eigenvalue weighted by atomic mass is 10.2. The van der Waals surface area contributed by atoms with E-state index in [4.69, 9.17) is 9.47 Å². The number of pyridine rings is 1. The van der Waals surface area contributed by atoms with Crippen molar-refractivity contribution in [1.82, 2.24) is 14.1 Å². The van der Waals surface area contributed by atoms with Gasteiger partial charge in [0.25, 0.3) is 15.7 Å². The number of hydrogen-bond acceptors (Lipinski definition) is 9. The van der Waals surface area contributed by atoms with E-state index in [1.165, 1.54) is 39.2 Å². The average molecular weight is 532 g/mol. The maximum Gasteiger partial charge on any atom is 0.421 e. The molecule has 1 aliphatic rings. The van der Waals surface area contributed by atoms with Gasteiger partial charge >= 0.3 is 12.2 Å². The van der Waals surface area contributed by atoms with Crippen molar-refractivity contribution < 1.29 is 32.4 Å². The minimum absolute atomic E-state index is 0.0861. The van der Waals surface area contributed by atoms with Crippen LogP contribution in [0.25, 0.3) is 5.65 Å². The minimum atomic E-state index is -4.64. The van der Waals surface area contributed by atoms with Gasteiger partial charge in [0.2, 0.25) is 0 Å². The number of nitrogens with one attached hydrogen (secondary N) is 2. The summed E-state index contributed by atoms with van der Waals surface area (Å²) in [5.41, 5.74) is 0.503. The van der Waals surface area contributed by atoms with E-state index < -0.39 is 43.3 Å². The molecule has 1 aromatic carbocycles. The van der Waals surface area contributed by atoms with Gasteiger partial charge in [-0.1, -0.05) is 6.07 Å². The number of anilines is 1. The minimum Gasteiger partial charge on any atom is -0.443 e. The van der Waals surface area contributed by atoms with Crippen LogP contribution in [-0.2, 0) is 26.1 Å². The summed E-state index contributed by atoms with van der Waals surface area (Å²) in [6, 6.07) is 6.78. The number of ether oxygens (including phenoxy) is 2. The molecule has 1 aliphatic carbocycles. The van der Waals surface area contributed by atoms with Crippen LogP contribution in [0.4, 0.5) is 21.0 Å². The summed E-state index contributed by atoms with van der Waals surface area (Å²) in [6.07, 6.45) is 3.87. The Balaban J connectivity index is 1.42. The average Bonchev–Trinajstić information content (AvgIpc) is 3.55. The molecule has 1 fully saturated rings. The van der Waals surface area contributed by atoms with Gasteiger partial charge in [-0.05, 0) is 63.3 Å². The van der Waals surface area contributed by atoms with Crippen LogP contribution in [-0.4, -0.2) is 40.5 Å². The van der Waals surface area contributed by atoms with E-state index in [0.29, 0.717) is 17.3 Å². The van der Waals surface area contributed by atoms with Gasteiger partial charge in [-0.25, -0.2) is 27.7 Å². The number of hydrogen-bond donors (Lipinski definition) is 2. The predicted octanol–water partition coefficient (Wildman–Crippen LogP) is 4.08. The second-order valence-electron chi connectivity index (χ2n) is 9.48. The third kappa shape index (κ3) is 6.52. The highest BCUT2D eigenvalue weighted by atomic mass is 32.2. The molecule has 3 aromatic rings. The molecule has 0 saturated heterocycles. The Morgan fingerprint density at radius 2 is 1.89 bits per heavy atom. The normalized spacial score (nSPS) is 13.7. The monoisotopic (exact) mass is 531 g/mol. The molecule has 196 valence electrons. The first-order chi connectivity index (χ1) is 17.3. The molecule has 13 nitrogen and oxygen atoms in total. The highest BCUT2D eigenvalue weighted by Gasteiger charge is 2.30. The second kappa shape index (κ2) is 9.69. The SMILES string of the molecule is CC(C)(C)OC(=O)NS(=O)(=O)c1ccc(NC(=O)OCc2cn3cc(C4CC4)ccc3n2)cc1[N+](=O)[O-]. The number of nitro groups is 1. The number of fused-ring (bicyclic) bond motifs is 1. The third-order valence-electron chi connectivity index (χ3n) is 5.23. The number of imidazole rings is 1. The first-order valence-electron chi connectivity index (χ1n) is 11.3. The Kier molecular flexibility index (Phi) is 6.78. The number of amides is 2. The summed E-state index contributed by atoms with van der Waals surface area (Å²) in [5.74, 6) is 0.579. The predicted molar refractivity (Wildman–Crippen MR) is 131 cm³/mol. The molecule has 0 radical (unpaired) electrons. The molecule has 37 heavy (non-hydrogen) atoms. The number of rotatable bonds is 7. The summed E-state index contributed by atoms with van der Waals surface area (Å²) in [7, 11) is -4.64. The molecule has 2 amide bonds. The molecule has 2 aromatic heterocycles. The van der Waals surface area contributed by atoms with E-state index in [0.717, 1.165) is 18.2 Å². The van der Waals surface area contributed by atoms with Crippen LogP contribution in [0.3, 0.4) is 0 Å². The van der Waals surface area contributed by atoms with Gasteiger partial charge in [-0.3, -0.25) is 15.4 Å². The van der Waals surface area contributed by atoms with Crippen LogP contribution in [0.1, 0.15) is 50.8 Å². The molecular weight excluding hydrogens is 506 g/mol. The maximum absolute atomic E-state index is 12.5. The number of sulfonamides is 1. The molecule has 2 N–H and O–H groups in total. The number of benzene rings is 1. The van der Waals surface area contributed by atoms with E-state index in [1.54, 1.807) is 10.9 Å². The fourth-order valence-electron chi connectivity index (χ4n) is 3.51. The molecule has 14 heteroatoms. The molecule has 1 saturated carbocycles. The molecule has 0 spiro atoms. The second-order valence-corrected chi connectivity index (χ2v) is 11.1. The maximum atomic E-state index is 12.5. The summed E-state index contributed by atoms with van der Waals surface area (Å²) in [6.45, 7) is 4.43. The van der Waals surface area contributed by atoms with E-state index in [2.05, 4.69) is 10.3 Å². The lowest BCUT2D eigenvalue weighted by Gasteiger charge is -2.19. The largest absolute Gasteiger partial charge is 0.443 e. The zero-order valence-corrected chi connectivity index (χ0v) is 21.1. The van der Waals surface area contributed by atoms with Crippen molar-refractivity contribution in [2.24, 2.45) is 0 Å². The van der Waals surface area contributed by atoms with Crippen molar-refractivity contribution in [2.45, 2.75) is 56.6 Å². The van der Waals surface area contributed by atoms with Crippen molar-refractivity contribution >= 4 is 39.2 Å². The van der Waals surface area contributed by atoms with Crippen molar-refractivity contribution in [2.75, 3.05) is 5.32 Å². The van der Waals surface area contributed by atoms with Gasteiger partial charge in [0.1, 0.15) is 17.9 Å². The zero-order chi connectivity index (χ0) is 27.0. The molecule has 4 rings (SSSR count). The van der Waals surface area contributed by atoms with Crippen molar-refractivity contribution in [3.05, 3.63) is 64.1 Å². The first kappa shape index (κ1) is 25.9. The van der Waals surface area contributed by atoms with Crippen molar-refractivity contribution in [3.8, 4) is 0 Å². The van der Waals surface area contributed by atoms with Gasteiger partial charge in [0.15, 0.2) is 4.90 Å². The van der Waals surface area contributed by atoms with Gasteiger partial charge in [-0.2, -0.15) is 0 Å². The molecule has 0 atom stereocenters. The van der Waals surface area contributed by atoms with Crippen molar-refractivity contribution in [3.63, 3.8) is 0 Å². The Bertz CT molecular complexity index is 1490. The molecule has 0 aliphatic heterocycles. The summed E-state index contributed by atoms with van der Waals surface area (Å²) in [5, 5.41) is 13.8. The molecular formula is C23H25N5O8S. The van der Waals surface area contributed by atoms with Gasteiger partial charge < -0.3 is 13.9 Å². The number of aromatic nitrogens is 2. The van der Waals surface area contributed by atoms with Crippen LogP contribution >= 0.6 is 0 Å². The zero-order valence-electron chi connectivity index (χ0n) is 20.3. The van der Waals surface area contributed by atoms with Gasteiger partial charge in [0.05, 0.1) is 16.3 Å². The summed E-state index contributed by atoms with van der Waals surface area (Å²) < 4.78 is 38.6. The molecule has 0 unspecified atom stereocenters. The Morgan fingerprint density at radius 1 is 1.16 bits per heavy atom. The smallest absolute Gasteiger partial charge is 0.421 e. The van der Waals surface area contributed by atoms with Gasteiger partial charge in [0, 0.05) is 18.5 Å². The van der Waals surface area contributed by atoms with Crippen LogP contribution in [0.2, 0.25) is 0 Å². The van der Waals surface area contributed by atoms with E-state index in [9.17, 15) is 28.1 Å². The van der Waals surface area contributed by atoms with E-state index in [-0.39, 0.29) is 12.3 Å². The quantitative estimate of drug-likeness (QED) is 0.336. The number of carbonyl (C=O) groups excluding carboxylic acids is 2. The Morgan fingerprint density at radius 3 is 2.54 bits per heavy atom. The van der Waals surface area contributed by atoms with E-state index >= 15 is 0 Å². The fourth-order valence-corrected chi connectivity index (χ4v) is 4.54. The first-order valence-corrected chi connectivity index (χ1v) is 12.7. The van der Waals surface area contributed by atoms with Crippen LogP contribution in [0.15, 0.2) is 47.6 Å². The lowest BCUT2D eigenvalue weighted by Crippen LogP contribution is -2.36. The van der Waals surface area contributed by atoms with Crippen molar-refractivity contribution in [1.29, 1.82) is 0 Å².